The second kappa shape index (κ2) is 6.61. The van der Waals surface area contributed by atoms with E-state index in [0.717, 1.165) is 0 Å². The molecule has 0 saturated heterocycles. The van der Waals surface area contributed by atoms with E-state index in [-0.39, 0.29) is 22.6 Å². The molecule has 0 fully saturated rings. The van der Waals surface area contributed by atoms with E-state index in [1.54, 1.807) is 25.1 Å². The maximum Gasteiger partial charge on any atom is 0.230 e. The Bertz CT molecular complexity index is 476. The molecule has 104 valence electrons. The average Bonchev–Trinajstić information content (AvgIpc) is 2.27. The van der Waals surface area contributed by atoms with Crippen molar-refractivity contribution in [2.45, 2.75) is 26.8 Å². The summed E-state index contributed by atoms with van der Waals surface area (Å²) in [6, 6.07) is 5.93. The van der Waals surface area contributed by atoms with Crippen LogP contribution in [0.1, 0.15) is 32.4 Å². The van der Waals surface area contributed by atoms with E-state index in [4.69, 9.17) is 18.0 Å². The predicted octanol–water partition coefficient (Wildman–Crippen LogP) is 2.56. The number of halogens is 1. The summed E-state index contributed by atoms with van der Waals surface area (Å²) in [4.78, 5) is 12.3. The summed E-state index contributed by atoms with van der Waals surface area (Å²) < 4.78 is 13.6. The van der Waals surface area contributed by atoms with Crippen LogP contribution in [0, 0.1) is 17.7 Å². The van der Waals surface area contributed by atoms with Crippen molar-refractivity contribution in [2.24, 2.45) is 17.6 Å². The molecule has 1 amide bonds. The molecule has 1 rings (SSSR count). The van der Waals surface area contributed by atoms with Gasteiger partial charge in [-0.2, -0.15) is 0 Å². The number of carbonyl (C=O) groups excluding carboxylic acids is 1. The number of amides is 1. The molecular weight excluding hydrogens is 263 g/mol. The Labute approximate surface area is 118 Å². The maximum absolute atomic E-state index is 13.6. The molecule has 0 aromatic heterocycles. The lowest BCUT2D eigenvalue weighted by Crippen LogP contribution is -2.41. The Hall–Kier alpha value is -1.49. The molecular formula is C14H19FN2OS. The Balaban J connectivity index is 2.82. The first-order chi connectivity index (χ1) is 8.84. The smallest absolute Gasteiger partial charge is 0.230 e. The van der Waals surface area contributed by atoms with Gasteiger partial charge < -0.3 is 11.1 Å². The quantitative estimate of drug-likeness (QED) is 0.816. The molecule has 2 atom stereocenters. The molecule has 1 aromatic carbocycles. The van der Waals surface area contributed by atoms with Crippen LogP contribution >= 0.6 is 12.2 Å². The number of thiocarbonyl (C=S) groups is 1. The van der Waals surface area contributed by atoms with E-state index >= 15 is 0 Å². The molecule has 0 radical (unpaired) electrons. The van der Waals surface area contributed by atoms with Gasteiger partial charge in [0.25, 0.3) is 0 Å². The molecule has 0 aliphatic carbocycles. The van der Waals surface area contributed by atoms with Gasteiger partial charge in [-0.15, -0.1) is 0 Å². The third-order valence-electron chi connectivity index (χ3n) is 2.99. The molecule has 3 N–H and O–H groups in total. The lowest BCUT2D eigenvalue weighted by atomic mass is 9.94. The number of rotatable bonds is 5. The summed E-state index contributed by atoms with van der Waals surface area (Å²) in [5.74, 6) is -1.14. The number of hydrogen-bond donors (Lipinski definition) is 2. The van der Waals surface area contributed by atoms with E-state index in [0.29, 0.717) is 5.56 Å². The first-order valence-corrected chi connectivity index (χ1v) is 6.59. The molecule has 0 saturated carbocycles. The summed E-state index contributed by atoms with van der Waals surface area (Å²) >= 11 is 4.91. The minimum atomic E-state index is -0.538. The van der Waals surface area contributed by atoms with Crippen molar-refractivity contribution in [3.63, 3.8) is 0 Å². The van der Waals surface area contributed by atoms with Crippen molar-refractivity contribution >= 4 is 23.1 Å². The van der Waals surface area contributed by atoms with Gasteiger partial charge in [-0.05, 0) is 18.9 Å². The number of hydrogen-bond acceptors (Lipinski definition) is 2. The van der Waals surface area contributed by atoms with Gasteiger partial charge in [-0.3, -0.25) is 4.79 Å². The molecule has 19 heavy (non-hydrogen) atoms. The first-order valence-electron chi connectivity index (χ1n) is 6.18. The molecule has 1 aromatic rings. The fourth-order valence-electron chi connectivity index (χ4n) is 1.97. The van der Waals surface area contributed by atoms with Gasteiger partial charge in [0.1, 0.15) is 5.82 Å². The van der Waals surface area contributed by atoms with Gasteiger partial charge in [0, 0.05) is 5.56 Å². The van der Waals surface area contributed by atoms with Crippen molar-refractivity contribution in [3.05, 3.63) is 35.6 Å². The molecule has 2 unspecified atom stereocenters. The van der Waals surface area contributed by atoms with Gasteiger partial charge >= 0.3 is 0 Å². The predicted molar refractivity (Wildman–Crippen MR) is 78.1 cm³/mol. The number of nitrogens with two attached hydrogens (primary N) is 1. The second-order valence-electron chi connectivity index (χ2n) is 4.88. The highest BCUT2D eigenvalue weighted by Crippen LogP contribution is 2.18. The van der Waals surface area contributed by atoms with E-state index in [1.165, 1.54) is 6.07 Å². The third kappa shape index (κ3) is 3.99. The van der Waals surface area contributed by atoms with E-state index in [9.17, 15) is 9.18 Å². The van der Waals surface area contributed by atoms with Crippen LogP contribution in [0.15, 0.2) is 24.3 Å². The molecule has 3 nitrogen and oxygen atoms in total. The Kier molecular flexibility index (Phi) is 5.42. The Morgan fingerprint density at radius 1 is 1.32 bits per heavy atom. The fourth-order valence-corrected chi connectivity index (χ4v) is 2.35. The standard InChI is InChI=1S/C14H19FN2OS/c1-8(2)12(13(16)19)14(18)17-9(3)10-6-4-5-7-11(10)15/h4-9,12H,1-3H3,(H2,16,19)(H,17,18). The average molecular weight is 282 g/mol. The van der Waals surface area contributed by atoms with E-state index < -0.39 is 12.0 Å². The zero-order valence-electron chi connectivity index (χ0n) is 11.3. The number of nitrogens with one attached hydrogen (secondary N) is 1. The highest BCUT2D eigenvalue weighted by atomic mass is 32.1. The van der Waals surface area contributed by atoms with Crippen molar-refractivity contribution in [3.8, 4) is 0 Å². The topological polar surface area (TPSA) is 55.1 Å². The third-order valence-corrected chi connectivity index (χ3v) is 3.24. The van der Waals surface area contributed by atoms with Crippen LogP contribution < -0.4 is 11.1 Å². The van der Waals surface area contributed by atoms with Gasteiger partial charge in [0.2, 0.25) is 5.91 Å². The highest BCUT2D eigenvalue weighted by molar-refractivity contribution is 7.80. The summed E-state index contributed by atoms with van der Waals surface area (Å²) in [5, 5.41) is 2.75. The fraction of sp³-hybridized carbons (Fsp3) is 0.429. The summed E-state index contributed by atoms with van der Waals surface area (Å²) in [6.07, 6.45) is 0. The molecule has 0 spiro atoms. The monoisotopic (exact) mass is 282 g/mol. The Morgan fingerprint density at radius 2 is 1.89 bits per heavy atom. The van der Waals surface area contributed by atoms with Gasteiger partial charge in [-0.1, -0.05) is 44.3 Å². The molecule has 0 bridgehead atoms. The number of carbonyl (C=O) groups is 1. The van der Waals surface area contributed by atoms with Gasteiger partial charge in [0.15, 0.2) is 0 Å². The lowest BCUT2D eigenvalue weighted by molar-refractivity contribution is -0.124. The van der Waals surface area contributed by atoms with Crippen molar-refractivity contribution in [1.82, 2.24) is 5.32 Å². The molecule has 0 aliphatic heterocycles. The molecule has 0 heterocycles. The normalized spacial score (nSPS) is 13.9. The van der Waals surface area contributed by atoms with Crippen LogP contribution in [0.4, 0.5) is 4.39 Å². The minimum absolute atomic E-state index is 0.00493. The van der Waals surface area contributed by atoms with Crippen LogP contribution in [-0.2, 0) is 4.79 Å². The van der Waals surface area contributed by atoms with Crippen molar-refractivity contribution in [2.75, 3.05) is 0 Å². The summed E-state index contributed by atoms with van der Waals surface area (Å²) in [5.41, 5.74) is 6.03. The van der Waals surface area contributed by atoms with Crippen molar-refractivity contribution in [1.29, 1.82) is 0 Å². The van der Waals surface area contributed by atoms with Crippen molar-refractivity contribution < 1.29 is 9.18 Å². The van der Waals surface area contributed by atoms with Gasteiger partial charge in [0.05, 0.1) is 16.9 Å². The number of benzene rings is 1. The molecule has 5 heteroatoms. The SMILES string of the molecule is CC(NC(=O)C(C(N)=S)C(C)C)c1ccccc1F. The Morgan fingerprint density at radius 3 is 2.37 bits per heavy atom. The van der Waals surface area contributed by atoms with Crippen LogP contribution in [0.2, 0.25) is 0 Å². The van der Waals surface area contributed by atoms with Crippen LogP contribution in [0.25, 0.3) is 0 Å². The maximum atomic E-state index is 13.6. The minimum Gasteiger partial charge on any atom is -0.393 e. The second-order valence-corrected chi connectivity index (χ2v) is 5.35. The summed E-state index contributed by atoms with van der Waals surface area (Å²) in [7, 11) is 0. The van der Waals surface area contributed by atoms with E-state index in [2.05, 4.69) is 5.32 Å². The largest absolute Gasteiger partial charge is 0.393 e. The molecule has 0 aliphatic rings. The van der Waals surface area contributed by atoms with Crippen LogP contribution in [-0.4, -0.2) is 10.9 Å². The summed E-state index contributed by atoms with van der Waals surface area (Å²) in [6.45, 7) is 5.47. The van der Waals surface area contributed by atoms with Crippen LogP contribution in [0.3, 0.4) is 0 Å². The zero-order chi connectivity index (χ0) is 14.6. The van der Waals surface area contributed by atoms with Gasteiger partial charge in [-0.25, -0.2) is 4.39 Å². The van der Waals surface area contributed by atoms with Crippen LogP contribution in [0.5, 0.6) is 0 Å². The highest BCUT2D eigenvalue weighted by Gasteiger charge is 2.26. The zero-order valence-corrected chi connectivity index (χ0v) is 12.1. The first kappa shape index (κ1) is 15.6. The van der Waals surface area contributed by atoms with E-state index in [1.807, 2.05) is 13.8 Å². The lowest BCUT2D eigenvalue weighted by Gasteiger charge is -2.22.